The van der Waals surface area contributed by atoms with Gasteiger partial charge < -0.3 is 9.67 Å². The number of imidazole rings is 1. The lowest BCUT2D eigenvalue weighted by Crippen LogP contribution is -1.98. The highest BCUT2D eigenvalue weighted by molar-refractivity contribution is 7.99. The normalized spacial score (nSPS) is 12.7. The molecular weight excluding hydrogens is 251 g/mol. The van der Waals surface area contributed by atoms with Crippen molar-refractivity contribution in [2.75, 3.05) is 0 Å². The lowest BCUT2D eigenvalue weighted by atomic mass is 10.1. The summed E-state index contributed by atoms with van der Waals surface area (Å²) in [5.74, 6) is -0.296. The number of halogens is 1. The van der Waals surface area contributed by atoms with Crippen molar-refractivity contribution in [1.29, 1.82) is 0 Å². The van der Waals surface area contributed by atoms with Crippen LogP contribution in [0.25, 0.3) is 0 Å². The maximum Gasteiger partial charge on any atom is 0.172 e. The van der Waals surface area contributed by atoms with Gasteiger partial charge in [-0.25, -0.2) is 9.37 Å². The van der Waals surface area contributed by atoms with Gasteiger partial charge in [0.1, 0.15) is 5.82 Å². The lowest BCUT2D eigenvalue weighted by molar-refractivity contribution is 0.196. The number of hydrogen-bond acceptors (Lipinski definition) is 3. The van der Waals surface area contributed by atoms with Gasteiger partial charge in [0, 0.05) is 24.3 Å². The molecule has 0 saturated carbocycles. The van der Waals surface area contributed by atoms with Crippen LogP contribution in [0.2, 0.25) is 0 Å². The summed E-state index contributed by atoms with van der Waals surface area (Å²) in [5.41, 5.74) is 1.15. The van der Waals surface area contributed by atoms with Gasteiger partial charge in [0.2, 0.25) is 0 Å². The van der Waals surface area contributed by atoms with E-state index in [0.29, 0.717) is 11.1 Å². The van der Waals surface area contributed by atoms with Crippen LogP contribution in [0, 0.1) is 12.7 Å². The van der Waals surface area contributed by atoms with Crippen LogP contribution in [0.5, 0.6) is 0 Å². The minimum Gasteiger partial charge on any atom is -0.389 e. The first-order chi connectivity index (χ1) is 8.49. The number of nitrogens with zero attached hydrogens (tertiary/aromatic N) is 2. The predicted octanol–water partition coefficient (Wildman–Crippen LogP) is 3.07. The molecule has 96 valence electrons. The first kappa shape index (κ1) is 13.1. The SMILES string of the molecule is Cc1cc(Sc2nccn2C)c([C@H](C)O)cc1F. The van der Waals surface area contributed by atoms with Gasteiger partial charge in [0.15, 0.2) is 5.16 Å². The second-order valence-corrected chi connectivity index (χ2v) is 5.25. The van der Waals surface area contributed by atoms with E-state index in [4.69, 9.17) is 0 Å². The van der Waals surface area contributed by atoms with E-state index in [1.54, 1.807) is 26.1 Å². The third-order valence-electron chi connectivity index (χ3n) is 2.72. The topological polar surface area (TPSA) is 38.0 Å². The zero-order valence-electron chi connectivity index (χ0n) is 10.5. The first-order valence-electron chi connectivity index (χ1n) is 5.62. The van der Waals surface area contributed by atoms with E-state index in [9.17, 15) is 9.50 Å². The molecule has 1 heterocycles. The van der Waals surface area contributed by atoms with Crippen molar-refractivity contribution in [2.45, 2.75) is 30.0 Å². The summed E-state index contributed by atoms with van der Waals surface area (Å²) in [4.78, 5) is 5.05. The number of aliphatic hydroxyl groups excluding tert-OH is 1. The predicted molar refractivity (Wildman–Crippen MR) is 69.1 cm³/mol. The van der Waals surface area contributed by atoms with Crippen molar-refractivity contribution in [1.82, 2.24) is 9.55 Å². The fraction of sp³-hybridized carbons (Fsp3) is 0.308. The summed E-state index contributed by atoms with van der Waals surface area (Å²) < 4.78 is 15.4. The Bertz CT molecular complexity index is 566. The number of aryl methyl sites for hydroxylation is 2. The Morgan fingerprint density at radius 1 is 1.44 bits per heavy atom. The van der Waals surface area contributed by atoms with Crippen LogP contribution in [0.15, 0.2) is 34.6 Å². The molecule has 0 radical (unpaired) electrons. The van der Waals surface area contributed by atoms with Gasteiger partial charge in [-0.1, -0.05) is 11.8 Å². The molecule has 1 aromatic carbocycles. The molecule has 5 heteroatoms. The summed E-state index contributed by atoms with van der Waals surface area (Å²) in [5, 5.41) is 10.5. The number of benzene rings is 1. The van der Waals surface area contributed by atoms with Gasteiger partial charge in [0.05, 0.1) is 6.10 Å². The Morgan fingerprint density at radius 2 is 2.17 bits per heavy atom. The Kier molecular flexibility index (Phi) is 3.73. The van der Waals surface area contributed by atoms with E-state index in [-0.39, 0.29) is 5.82 Å². The molecule has 0 spiro atoms. The molecule has 1 atom stereocenters. The van der Waals surface area contributed by atoms with Gasteiger partial charge in [-0.2, -0.15) is 0 Å². The smallest absolute Gasteiger partial charge is 0.172 e. The van der Waals surface area contributed by atoms with Crippen LogP contribution in [0.3, 0.4) is 0 Å². The minimum absolute atomic E-state index is 0.296. The van der Waals surface area contributed by atoms with Crippen molar-refractivity contribution < 1.29 is 9.50 Å². The van der Waals surface area contributed by atoms with Gasteiger partial charge >= 0.3 is 0 Å². The van der Waals surface area contributed by atoms with E-state index in [0.717, 1.165) is 10.1 Å². The molecule has 1 aromatic heterocycles. The molecule has 0 amide bonds. The van der Waals surface area contributed by atoms with Crippen molar-refractivity contribution in [3.8, 4) is 0 Å². The average molecular weight is 266 g/mol. The molecule has 0 saturated heterocycles. The van der Waals surface area contributed by atoms with Crippen molar-refractivity contribution in [3.63, 3.8) is 0 Å². The van der Waals surface area contributed by atoms with E-state index in [1.807, 2.05) is 17.8 Å². The van der Waals surface area contributed by atoms with Crippen LogP contribution >= 0.6 is 11.8 Å². The Labute approximate surface area is 110 Å². The zero-order valence-corrected chi connectivity index (χ0v) is 11.3. The quantitative estimate of drug-likeness (QED) is 0.927. The van der Waals surface area contributed by atoms with Crippen LogP contribution < -0.4 is 0 Å². The van der Waals surface area contributed by atoms with Gasteiger partial charge in [-0.15, -0.1) is 0 Å². The highest BCUT2D eigenvalue weighted by atomic mass is 32.2. The molecule has 18 heavy (non-hydrogen) atoms. The van der Waals surface area contributed by atoms with Crippen LogP contribution in [-0.2, 0) is 7.05 Å². The van der Waals surface area contributed by atoms with E-state index >= 15 is 0 Å². The van der Waals surface area contributed by atoms with E-state index in [1.165, 1.54) is 17.8 Å². The molecule has 2 aromatic rings. The maximum absolute atomic E-state index is 13.5. The fourth-order valence-electron chi connectivity index (χ4n) is 1.63. The first-order valence-corrected chi connectivity index (χ1v) is 6.44. The summed E-state index contributed by atoms with van der Waals surface area (Å²) in [6, 6.07) is 3.14. The van der Waals surface area contributed by atoms with Crippen LogP contribution in [0.1, 0.15) is 24.2 Å². The van der Waals surface area contributed by atoms with Crippen molar-refractivity contribution >= 4 is 11.8 Å². The van der Waals surface area contributed by atoms with Crippen molar-refractivity contribution in [3.05, 3.63) is 41.5 Å². The second-order valence-electron chi connectivity index (χ2n) is 4.24. The number of aliphatic hydroxyl groups is 1. The van der Waals surface area contributed by atoms with Crippen LogP contribution in [0.4, 0.5) is 4.39 Å². The molecule has 0 bridgehead atoms. The monoisotopic (exact) mass is 266 g/mol. The fourth-order valence-corrected chi connectivity index (χ4v) is 2.73. The zero-order chi connectivity index (χ0) is 13.3. The van der Waals surface area contributed by atoms with Crippen LogP contribution in [-0.4, -0.2) is 14.7 Å². The number of aromatic nitrogens is 2. The lowest BCUT2D eigenvalue weighted by Gasteiger charge is -2.13. The molecule has 1 N–H and O–H groups in total. The maximum atomic E-state index is 13.5. The molecule has 0 aliphatic rings. The standard InChI is InChI=1S/C13H15FN2OS/c1-8-6-12(10(9(2)17)7-11(8)14)18-13-15-4-5-16(13)3/h4-7,9,17H,1-3H3/t9-/m0/s1. The minimum atomic E-state index is -0.706. The molecular formula is C13H15FN2OS. The molecule has 0 aliphatic carbocycles. The molecule has 3 nitrogen and oxygen atoms in total. The van der Waals surface area contributed by atoms with E-state index in [2.05, 4.69) is 4.98 Å². The third-order valence-corrected chi connectivity index (χ3v) is 3.87. The van der Waals surface area contributed by atoms with Gasteiger partial charge in [-0.3, -0.25) is 0 Å². The summed E-state index contributed by atoms with van der Waals surface area (Å²) in [6.07, 6.45) is 2.85. The molecule has 2 rings (SSSR count). The summed E-state index contributed by atoms with van der Waals surface area (Å²) in [6.45, 7) is 3.34. The van der Waals surface area contributed by atoms with E-state index < -0.39 is 6.10 Å². The Morgan fingerprint density at radius 3 is 2.72 bits per heavy atom. The summed E-state index contributed by atoms with van der Waals surface area (Å²) >= 11 is 1.42. The average Bonchev–Trinajstić information content (AvgIpc) is 2.69. The molecule has 0 aliphatic heterocycles. The van der Waals surface area contributed by atoms with Gasteiger partial charge in [0.25, 0.3) is 0 Å². The largest absolute Gasteiger partial charge is 0.389 e. The molecule has 0 fully saturated rings. The number of hydrogen-bond donors (Lipinski definition) is 1. The molecule has 0 unspecified atom stereocenters. The van der Waals surface area contributed by atoms with Crippen molar-refractivity contribution in [2.24, 2.45) is 7.05 Å². The Hall–Kier alpha value is -1.33. The second kappa shape index (κ2) is 5.12. The highest BCUT2D eigenvalue weighted by Crippen LogP contribution is 2.33. The highest BCUT2D eigenvalue weighted by Gasteiger charge is 2.14. The third kappa shape index (κ3) is 2.57. The number of rotatable bonds is 3. The Balaban J connectivity index is 2.43. The summed E-state index contributed by atoms with van der Waals surface area (Å²) in [7, 11) is 1.90. The van der Waals surface area contributed by atoms with Gasteiger partial charge in [-0.05, 0) is 37.1 Å².